The molecule has 2 aromatic rings. The number of nitrogens with one attached hydrogen (secondary N) is 1. The monoisotopic (exact) mass is 280 g/mol. The first-order valence-corrected chi connectivity index (χ1v) is 7.31. The van der Waals surface area contributed by atoms with Gasteiger partial charge in [0, 0.05) is 25.3 Å². The maximum Gasteiger partial charge on any atom is 0.253 e. The lowest BCUT2D eigenvalue weighted by molar-refractivity contribution is 0.0827. The molecular formula is C18H20N2O. The first-order chi connectivity index (χ1) is 10.1. The number of anilines is 1. The smallest absolute Gasteiger partial charge is 0.253 e. The van der Waals surface area contributed by atoms with Crippen molar-refractivity contribution in [3.8, 4) is 0 Å². The SMILES string of the molecule is CN(C)C(=O)c1cccc(NC2CCc3ccccc32)c1. The van der Waals surface area contributed by atoms with Crippen molar-refractivity contribution in [2.24, 2.45) is 0 Å². The van der Waals surface area contributed by atoms with Crippen LogP contribution in [0.4, 0.5) is 5.69 Å². The Bertz CT molecular complexity index is 664. The summed E-state index contributed by atoms with van der Waals surface area (Å²) in [7, 11) is 3.55. The number of carbonyl (C=O) groups excluding carboxylic acids is 1. The molecule has 3 heteroatoms. The van der Waals surface area contributed by atoms with Crippen molar-refractivity contribution in [2.75, 3.05) is 19.4 Å². The van der Waals surface area contributed by atoms with Crippen LogP contribution in [0.15, 0.2) is 48.5 Å². The van der Waals surface area contributed by atoms with Gasteiger partial charge in [0.05, 0.1) is 6.04 Å². The minimum Gasteiger partial charge on any atom is -0.378 e. The van der Waals surface area contributed by atoms with Crippen molar-refractivity contribution >= 4 is 11.6 Å². The summed E-state index contributed by atoms with van der Waals surface area (Å²) in [6.07, 6.45) is 2.22. The molecule has 0 saturated heterocycles. The van der Waals surface area contributed by atoms with Crippen LogP contribution >= 0.6 is 0 Å². The highest BCUT2D eigenvalue weighted by Gasteiger charge is 2.21. The average molecular weight is 280 g/mol. The van der Waals surface area contributed by atoms with E-state index in [2.05, 4.69) is 29.6 Å². The molecule has 0 radical (unpaired) electrons. The summed E-state index contributed by atoms with van der Waals surface area (Å²) in [5, 5.41) is 3.56. The average Bonchev–Trinajstić information content (AvgIpc) is 2.90. The summed E-state index contributed by atoms with van der Waals surface area (Å²) in [4.78, 5) is 13.6. The van der Waals surface area contributed by atoms with Crippen molar-refractivity contribution in [3.63, 3.8) is 0 Å². The topological polar surface area (TPSA) is 32.3 Å². The molecular weight excluding hydrogens is 260 g/mol. The number of nitrogens with zero attached hydrogens (tertiary/aromatic N) is 1. The molecule has 0 aliphatic heterocycles. The van der Waals surface area contributed by atoms with Crippen LogP contribution in [0.25, 0.3) is 0 Å². The molecule has 1 atom stereocenters. The second-order valence-electron chi connectivity index (χ2n) is 5.71. The molecule has 0 fully saturated rings. The third-order valence-electron chi connectivity index (χ3n) is 3.99. The first kappa shape index (κ1) is 13.7. The Kier molecular flexibility index (Phi) is 3.65. The highest BCUT2D eigenvalue weighted by molar-refractivity contribution is 5.94. The van der Waals surface area contributed by atoms with Gasteiger partial charge in [0.25, 0.3) is 5.91 Å². The highest BCUT2D eigenvalue weighted by atomic mass is 16.2. The lowest BCUT2D eigenvalue weighted by atomic mass is 10.1. The Hall–Kier alpha value is -2.29. The lowest BCUT2D eigenvalue weighted by Crippen LogP contribution is -2.21. The molecule has 3 rings (SSSR count). The molecule has 21 heavy (non-hydrogen) atoms. The summed E-state index contributed by atoms with van der Waals surface area (Å²) in [5.74, 6) is 0.0328. The van der Waals surface area contributed by atoms with Crippen molar-refractivity contribution in [2.45, 2.75) is 18.9 Å². The van der Waals surface area contributed by atoms with Crippen LogP contribution in [0.1, 0.15) is 33.9 Å². The Labute approximate surface area is 125 Å². The van der Waals surface area contributed by atoms with Gasteiger partial charge in [-0.2, -0.15) is 0 Å². The van der Waals surface area contributed by atoms with Crippen molar-refractivity contribution < 1.29 is 4.79 Å². The highest BCUT2D eigenvalue weighted by Crippen LogP contribution is 2.33. The van der Waals surface area contributed by atoms with Gasteiger partial charge in [-0.05, 0) is 42.2 Å². The number of hydrogen-bond acceptors (Lipinski definition) is 2. The molecule has 0 bridgehead atoms. The molecule has 108 valence electrons. The lowest BCUT2D eigenvalue weighted by Gasteiger charge is -2.17. The summed E-state index contributed by atoms with van der Waals surface area (Å²) >= 11 is 0. The van der Waals surface area contributed by atoms with Crippen LogP contribution in [0, 0.1) is 0 Å². The molecule has 0 heterocycles. The van der Waals surface area contributed by atoms with E-state index in [0.29, 0.717) is 6.04 Å². The van der Waals surface area contributed by atoms with E-state index in [1.807, 2.05) is 24.3 Å². The number of hydrogen-bond donors (Lipinski definition) is 1. The van der Waals surface area contributed by atoms with Crippen LogP contribution in [-0.4, -0.2) is 24.9 Å². The molecule has 1 amide bonds. The zero-order chi connectivity index (χ0) is 14.8. The third-order valence-corrected chi connectivity index (χ3v) is 3.99. The number of benzene rings is 2. The zero-order valence-corrected chi connectivity index (χ0v) is 12.5. The van der Waals surface area contributed by atoms with E-state index in [4.69, 9.17) is 0 Å². The molecule has 0 aromatic heterocycles. The van der Waals surface area contributed by atoms with E-state index in [9.17, 15) is 4.79 Å². The Balaban J connectivity index is 1.80. The van der Waals surface area contributed by atoms with Crippen LogP contribution in [0.3, 0.4) is 0 Å². The predicted octanol–water partition coefficient (Wildman–Crippen LogP) is 3.49. The van der Waals surface area contributed by atoms with Gasteiger partial charge in [0.1, 0.15) is 0 Å². The van der Waals surface area contributed by atoms with Crippen molar-refractivity contribution in [3.05, 3.63) is 65.2 Å². The van der Waals surface area contributed by atoms with Crippen LogP contribution in [-0.2, 0) is 6.42 Å². The second-order valence-corrected chi connectivity index (χ2v) is 5.71. The summed E-state index contributed by atoms with van der Waals surface area (Å²) in [6, 6.07) is 16.7. The summed E-state index contributed by atoms with van der Waals surface area (Å²) in [6.45, 7) is 0. The first-order valence-electron chi connectivity index (χ1n) is 7.31. The number of amides is 1. The second kappa shape index (κ2) is 5.60. The number of rotatable bonds is 3. The minimum absolute atomic E-state index is 0.0328. The van der Waals surface area contributed by atoms with Gasteiger partial charge in [-0.1, -0.05) is 30.3 Å². The van der Waals surface area contributed by atoms with Crippen molar-refractivity contribution in [1.29, 1.82) is 0 Å². The minimum atomic E-state index is 0.0328. The van der Waals surface area contributed by atoms with Crippen LogP contribution in [0.5, 0.6) is 0 Å². The van der Waals surface area contributed by atoms with Gasteiger partial charge in [-0.25, -0.2) is 0 Å². The summed E-state index contributed by atoms with van der Waals surface area (Å²) in [5.41, 5.74) is 4.53. The van der Waals surface area contributed by atoms with E-state index in [-0.39, 0.29) is 5.91 Å². The molecule has 1 aliphatic rings. The fourth-order valence-electron chi connectivity index (χ4n) is 2.91. The molecule has 0 spiro atoms. The number of aryl methyl sites for hydroxylation is 1. The van der Waals surface area contributed by atoms with E-state index in [0.717, 1.165) is 24.1 Å². The van der Waals surface area contributed by atoms with Gasteiger partial charge in [0.2, 0.25) is 0 Å². The maximum atomic E-state index is 12.0. The number of fused-ring (bicyclic) bond motifs is 1. The van der Waals surface area contributed by atoms with Gasteiger partial charge < -0.3 is 10.2 Å². The van der Waals surface area contributed by atoms with E-state index in [1.165, 1.54) is 11.1 Å². The van der Waals surface area contributed by atoms with Gasteiger partial charge in [-0.3, -0.25) is 4.79 Å². The van der Waals surface area contributed by atoms with Gasteiger partial charge in [-0.15, -0.1) is 0 Å². The predicted molar refractivity (Wildman–Crippen MR) is 85.6 cm³/mol. The normalized spacial score (nSPS) is 16.4. The molecule has 1 unspecified atom stereocenters. The molecule has 0 saturated carbocycles. The van der Waals surface area contributed by atoms with Gasteiger partial charge >= 0.3 is 0 Å². The largest absolute Gasteiger partial charge is 0.378 e. The fourth-order valence-corrected chi connectivity index (χ4v) is 2.91. The number of carbonyl (C=O) groups is 1. The van der Waals surface area contributed by atoms with Crippen LogP contribution in [0.2, 0.25) is 0 Å². The standard InChI is InChI=1S/C18H20N2O/c1-20(2)18(21)14-7-5-8-15(12-14)19-17-11-10-13-6-3-4-9-16(13)17/h3-9,12,17,19H,10-11H2,1-2H3. The maximum absolute atomic E-state index is 12.0. The quantitative estimate of drug-likeness (QED) is 0.933. The summed E-state index contributed by atoms with van der Waals surface area (Å²) < 4.78 is 0. The van der Waals surface area contributed by atoms with E-state index < -0.39 is 0 Å². The van der Waals surface area contributed by atoms with Crippen molar-refractivity contribution in [1.82, 2.24) is 4.90 Å². The molecule has 1 aliphatic carbocycles. The Morgan fingerprint density at radius 1 is 1.14 bits per heavy atom. The zero-order valence-electron chi connectivity index (χ0n) is 12.5. The van der Waals surface area contributed by atoms with Crippen LogP contribution < -0.4 is 5.32 Å². The third kappa shape index (κ3) is 2.77. The fraction of sp³-hybridized carbons (Fsp3) is 0.278. The Morgan fingerprint density at radius 2 is 1.95 bits per heavy atom. The van der Waals surface area contributed by atoms with E-state index >= 15 is 0 Å². The molecule has 1 N–H and O–H groups in total. The van der Waals surface area contributed by atoms with E-state index in [1.54, 1.807) is 19.0 Å². The molecule has 2 aromatic carbocycles. The molecule has 3 nitrogen and oxygen atoms in total. The van der Waals surface area contributed by atoms with Gasteiger partial charge in [0.15, 0.2) is 0 Å². The Morgan fingerprint density at radius 3 is 2.76 bits per heavy atom.